The predicted octanol–water partition coefficient (Wildman–Crippen LogP) is 1.70. The van der Waals surface area contributed by atoms with Crippen LogP contribution in [0.1, 0.15) is 17.4 Å². The van der Waals surface area contributed by atoms with Gasteiger partial charge in [0, 0.05) is 25.5 Å². The SMILES string of the molecule is COc1ccc(CC(=O)N2CC(c3nc(-c4cnccn4)no3)C2)cc1. The molecule has 1 fully saturated rings. The van der Waals surface area contributed by atoms with Crippen LogP contribution >= 0.6 is 0 Å². The molecule has 1 amide bonds. The van der Waals surface area contributed by atoms with Crippen molar-refractivity contribution in [1.82, 2.24) is 25.0 Å². The highest BCUT2D eigenvalue weighted by Gasteiger charge is 2.35. The maximum Gasteiger partial charge on any atom is 0.233 e. The average Bonchev–Trinajstić information content (AvgIpc) is 3.11. The summed E-state index contributed by atoms with van der Waals surface area (Å²) < 4.78 is 10.4. The first-order valence-electron chi connectivity index (χ1n) is 8.23. The number of aromatic nitrogens is 4. The second kappa shape index (κ2) is 6.91. The van der Waals surface area contributed by atoms with Crippen LogP contribution in [0.2, 0.25) is 0 Å². The summed E-state index contributed by atoms with van der Waals surface area (Å²) in [4.78, 5) is 26.7. The number of carbonyl (C=O) groups is 1. The third kappa shape index (κ3) is 3.26. The van der Waals surface area contributed by atoms with Crippen molar-refractivity contribution in [3.63, 3.8) is 0 Å². The van der Waals surface area contributed by atoms with Crippen LogP contribution in [-0.4, -0.2) is 51.1 Å². The van der Waals surface area contributed by atoms with E-state index in [2.05, 4.69) is 20.1 Å². The monoisotopic (exact) mass is 351 g/mol. The third-order valence-electron chi connectivity index (χ3n) is 4.33. The van der Waals surface area contributed by atoms with Gasteiger partial charge in [-0.15, -0.1) is 0 Å². The maximum absolute atomic E-state index is 12.4. The van der Waals surface area contributed by atoms with Crippen molar-refractivity contribution in [1.29, 1.82) is 0 Å². The quantitative estimate of drug-likeness (QED) is 0.690. The molecule has 2 aromatic heterocycles. The number of carbonyl (C=O) groups excluding carboxylic acids is 1. The average molecular weight is 351 g/mol. The molecule has 132 valence electrons. The van der Waals surface area contributed by atoms with Gasteiger partial charge in [0.2, 0.25) is 17.6 Å². The number of rotatable bonds is 5. The van der Waals surface area contributed by atoms with Gasteiger partial charge < -0.3 is 14.2 Å². The first kappa shape index (κ1) is 16.2. The van der Waals surface area contributed by atoms with Crippen LogP contribution in [0.4, 0.5) is 0 Å². The van der Waals surface area contributed by atoms with E-state index in [4.69, 9.17) is 9.26 Å². The summed E-state index contributed by atoms with van der Waals surface area (Å²) >= 11 is 0. The second-order valence-electron chi connectivity index (χ2n) is 6.07. The highest BCUT2D eigenvalue weighted by molar-refractivity contribution is 5.79. The predicted molar refractivity (Wildman–Crippen MR) is 91.3 cm³/mol. The van der Waals surface area contributed by atoms with Crippen molar-refractivity contribution >= 4 is 5.91 Å². The summed E-state index contributed by atoms with van der Waals surface area (Å²) in [5.41, 5.74) is 1.52. The Balaban J connectivity index is 1.33. The molecule has 0 radical (unpaired) electrons. The molecule has 0 aliphatic carbocycles. The van der Waals surface area contributed by atoms with E-state index in [0.29, 0.717) is 36.9 Å². The molecule has 1 aliphatic heterocycles. The lowest BCUT2D eigenvalue weighted by molar-refractivity contribution is -0.135. The van der Waals surface area contributed by atoms with E-state index in [9.17, 15) is 4.79 Å². The summed E-state index contributed by atoms with van der Waals surface area (Å²) in [6.45, 7) is 1.16. The number of nitrogens with zero attached hydrogens (tertiary/aromatic N) is 5. The number of likely N-dealkylation sites (tertiary alicyclic amines) is 1. The standard InChI is InChI=1S/C18H17N5O3/c1-25-14-4-2-12(3-5-14)8-16(24)23-10-13(11-23)18-21-17(22-26-18)15-9-19-6-7-20-15/h2-7,9,13H,8,10-11H2,1H3. The normalized spacial score (nSPS) is 14.1. The van der Waals surface area contributed by atoms with Crippen LogP contribution in [0, 0.1) is 0 Å². The van der Waals surface area contributed by atoms with Crippen LogP contribution in [0.3, 0.4) is 0 Å². The zero-order valence-corrected chi connectivity index (χ0v) is 14.2. The molecule has 0 unspecified atom stereocenters. The van der Waals surface area contributed by atoms with Gasteiger partial charge in [-0.2, -0.15) is 4.98 Å². The second-order valence-corrected chi connectivity index (χ2v) is 6.07. The first-order valence-corrected chi connectivity index (χ1v) is 8.23. The lowest BCUT2D eigenvalue weighted by Crippen LogP contribution is -2.49. The van der Waals surface area contributed by atoms with E-state index in [1.807, 2.05) is 24.3 Å². The number of hydrogen-bond donors (Lipinski definition) is 0. The summed E-state index contributed by atoms with van der Waals surface area (Å²) in [5, 5.41) is 3.94. The Kier molecular flexibility index (Phi) is 4.30. The molecular formula is C18H17N5O3. The topological polar surface area (TPSA) is 94.2 Å². The van der Waals surface area contributed by atoms with Crippen molar-refractivity contribution in [2.75, 3.05) is 20.2 Å². The van der Waals surface area contributed by atoms with E-state index >= 15 is 0 Å². The Morgan fingerprint density at radius 2 is 2.08 bits per heavy atom. The number of ether oxygens (including phenoxy) is 1. The fourth-order valence-electron chi connectivity index (χ4n) is 2.79. The molecule has 1 aromatic carbocycles. The lowest BCUT2D eigenvalue weighted by atomic mass is 9.99. The van der Waals surface area contributed by atoms with Gasteiger partial charge in [0.05, 0.1) is 25.6 Å². The Morgan fingerprint density at radius 3 is 2.77 bits per heavy atom. The Hall–Kier alpha value is -3.29. The minimum atomic E-state index is 0.0627. The molecule has 1 saturated heterocycles. The zero-order valence-electron chi connectivity index (χ0n) is 14.2. The number of benzene rings is 1. The van der Waals surface area contributed by atoms with Crippen molar-refractivity contribution in [3.8, 4) is 17.3 Å². The van der Waals surface area contributed by atoms with E-state index in [1.54, 1.807) is 30.6 Å². The summed E-state index contributed by atoms with van der Waals surface area (Å²) in [6.07, 6.45) is 5.11. The van der Waals surface area contributed by atoms with Gasteiger partial charge in [-0.3, -0.25) is 9.78 Å². The molecule has 26 heavy (non-hydrogen) atoms. The molecular weight excluding hydrogens is 334 g/mol. The molecule has 0 saturated carbocycles. The van der Waals surface area contributed by atoms with Crippen molar-refractivity contribution in [2.45, 2.75) is 12.3 Å². The fraction of sp³-hybridized carbons (Fsp3) is 0.278. The van der Waals surface area contributed by atoms with Crippen molar-refractivity contribution in [3.05, 3.63) is 54.3 Å². The van der Waals surface area contributed by atoms with E-state index in [0.717, 1.165) is 11.3 Å². The van der Waals surface area contributed by atoms with Gasteiger partial charge in [0.25, 0.3) is 0 Å². The minimum Gasteiger partial charge on any atom is -0.497 e. The molecule has 0 bridgehead atoms. The van der Waals surface area contributed by atoms with Crippen LogP contribution in [-0.2, 0) is 11.2 Å². The lowest BCUT2D eigenvalue weighted by Gasteiger charge is -2.37. The molecule has 8 heteroatoms. The molecule has 3 aromatic rings. The number of hydrogen-bond acceptors (Lipinski definition) is 7. The maximum atomic E-state index is 12.4. The highest BCUT2D eigenvalue weighted by atomic mass is 16.5. The van der Waals surface area contributed by atoms with Gasteiger partial charge >= 0.3 is 0 Å². The molecule has 4 rings (SSSR count). The van der Waals surface area contributed by atoms with Gasteiger partial charge in [-0.05, 0) is 17.7 Å². The Morgan fingerprint density at radius 1 is 1.27 bits per heavy atom. The zero-order chi connectivity index (χ0) is 17.9. The van der Waals surface area contributed by atoms with Crippen LogP contribution in [0.25, 0.3) is 11.5 Å². The van der Waals surface area contributed by atoms with Crippen molar-refractivity contribution in [2.24, 2.45) is 0 Å². The molecule has 8 nitrogen and oxygen atoms in total. The van der Waals surface area contributed by atoms with Gasteiger partial charge in [0.15, 0.2) is 0 Å². The summed E-state index contributed by atoms with van der Waals surface area (Å²) in [7, 11) is 1.62. The van der Waals surface area contributed by atoms with Gasteiger partial charge in [-0.1, -0.05) is 17.3 Å². The van der Waals surface area contributed by atoms with Crippen LogP contribution in [0.15, 0.2) is 47.4 Å². The number of methoxy groups -OCH3 is 1. The molecule has 0 atom stereocenters. The summed E-state index contributed by atoms with van der Waals surface area (Å²) in [5.74, 6) is 1.86. The smallest absolute Gasteiger partial charge is 0.233 e. The van der Waals surface area contributed by atoms with Crippen molar-refractivity contribution < 1.29 is 14.1 Å². The molecule has 3 heterocycles. The van der Waals surface area contributed by atoms with E-state index in [1.165, 1.54) is 0 Å². The Bertz CT molecular complexity index is 889. The molecule has 0 spiro atoms. The fourth-order valence-corrected chi connectivity index (χ4v) is 2.79. The third-order valence-corrected chi connectivity index (χ3v) is 4.33. The largest absolute Gasteiger partial charge is 0.497 e. The summed E-state index contributed by atoms with van der Waals surface area (Å²) in [6, 6.07) is 7.51. The number of amides is 1. The van der Waals surface area contributed by atoms with Gasteiger partial charge in [-0.25, -0.2) is 4.98 Å². The first-order chi connectivity index (χ1) is 12.7. The van der Waals surface area contributed by atoms with E-state index < -0.39 is 0 Å². The molecule has 0 N–H and O–H groups in total. The van der Waals surface area contributed by atoms with Crippen LogP contribution in [0.5, 0.6) is 5.75 Å². The van der Waals surface area contributed by atoms with Gasteiger partial charge in [0.1, 0.15) is 11.4 Å². The van der Waals surface area contributed by atoms with E-state index in [-0.39, 0.29) is 11.8 Å². The minimum absolute atomic E-state index is 0.0627. The highest BCUT2D eigenvalue weighted by Crippen LogP contribution is 2.27. The Labute approximate surface area is 149 Å². The van der Waals surface area contributed by atoms with Crippen LogP contribution < -0.4 is 4.74 Å². The molecule has 1 aliphatic rings.